The van der Waals surface area contributed by atoms with Gasteiger partial charge in [0.15, 0.2) is 0 Å². The predicted octanol–water partition coefficient (Wildman–Crippen LogP) is 4.24. The zero-order valence-corrected chi connectivity index (χ0v) is 15.6. The molecular formula is C22H22N4O2. The first kappa shape index (κ1) is 17.9. The largest absolute Gasteiger partial charge is 0.459 e. The Morgan fingerprint density at radius 1 is 1.11 bits per heavy atom. The Kier molecular flexibility index (Phi) is 5.10. The number of urea groups is 1. The van der Waals surface area contributed by atoms with Crippen molar-refractivity contribution in [2.75, 3.05) is 0 Å². The average molecular weight is 374 g/mol. The molecule has 2 N–H and O–H groups in total. The molecule has 2 aromatic carbocycles. The summed E-state index contributed by atoms with van der Waals surface area (Å²) in [5, 5.41) is 11.1. The van der Waals surface area contributed by atoms with Crippen molar-refractivity contribution >= 4 is 17.0 Å². The third-order valence-corrected chi connectivity index (χ3v) is 4.67. The first-order chi connectivity index (χ1) is 13.7. The molecule has 0 spiro atoms. The van der Waals surface area contributed by atoms with Crippen molar-refractivity contribution < 1.29 is 9.21 Å². The summed E-state index contributed by atoms with van der Waals surface area (Å²) in [7, 11) is 0. The van der Waals surface area contributed by atoms with Crippen LogP contribution >= 0.6 is 0 Å². The van der Waals surface area contributed by atoms with Crippen LogP contribution in [0, 0.1) is 0 Å². The number of benzene rings is 2. The molecule has 2 aromatic heterocycles. The molecule has 6 heteroatoms. The van der Waals surface area contributed by atoms with Gasteiger partial charge in [0.2, 0.25) is 0 Å². The second-order valence-electron chi connectivity index (χ2n) is 6.71. The van der Waals surface area contributed by atoms with Gasteiger partial charge in [-0.3, -0.25) is 4.68 Å². The van der Waals surface area contributed by atoms with Crippen LogP contribution in [0.1, 0.15) is 29.9 Å². The molecule has 4 aromatic rings. The minimum Gasteiger partial charge on any atom is -0.459 e. The first-order valence-corrected chi connectivity index (χ1v) is 9.26. The van der Waals surface area contributed by atoms with E-state index in [1.807, 2.05) is 78.5 Å². The molecule has 0 fully saturated rings. The normalized spacial score (nSPS) is 12.0. The lowest BCUT2D eigenvalue weighted by Crippen LogP contribution is -2.36. The fourth-order valence-electron chi connectivity index (χ4n) is 3.16. The summed E-state index contributed by atoms with van der Waals surface area (Å²) in [5.74, 6) is 0.732. The molecule has 0 saturated carbocycles. The standard InChI is InChI=1S/C22H22N4O2/c1-16(21-13-17-7-4-5-10-20(17)28-21)25-22(27)23-14-18-8-2-3-9-19(18)15-26-12-6-11-24-26/h2-13,16H,14-15H2,1H3,(H2,23,25,27). The number of para-hydroxylation sites is 1. The molecule has 0 saturated heterocycles. The van der Waals surface area contributed by atoms with Crippen LogP contribution in [0.2, 0.25) is 0 Å². The minimum absolute atomic E-state index is 0.230. The fraction of sp³-hybridized carbons (Fsp3) is 0.182. The Bertz CT molecular complexity index is 1040. The minimum atomic E-state index is -0.234. The van der Waals surface area contributed by atoms with Crippen molar-refractivity contribution in [3.8, 4) is 0 Å². The van der Waals surface area contributed by atoms with Gasteiger partial charge in [0.1, 0.15) is 11.3 Å². The zero-order valence-electron chi connectivity index (χ0n) is 15.6. The predicted molar refractivity (Wildman–Crippen MR) is 108 cm³/mol. The molecule has 142 valence electrons. The van der Waals surface area contributed by atoms with Crippen molar-refractivity contribution in [3.05, 3.63) is 89.9 Å². The summed E-state index contributed by atoms with van der Waals surface area (Å²) in [6, 6.07) is 19.2. The van der Waals surface area contributed by atoms with Gasteiger partial charge in [-0.1, -0.05) is 42.5 Å². The van der Waals surface area contributed by atoms with E-state index in [1.165, 1.54) is 0 Å². The maximum atomic E-state index is 12.4. The molecule has 2 heterocycles. The first-order valence-electron chi connectivity index (χ1n) is 9.26. The smallest absolute Gasteiger partial charge is 0.315 e. The van der Waals surface area contributed by atoms with Gasteiger partial charge in [-0.2, -0.15) is 5.10 Å². The van der Waals surface area contributed by atoms with Gasteiger partial charge >= 0.3 is 6.03 Å². The van der Waals surface area contributed by atoms with Crippen LogP contribution in [-0.2, 0) is 13.1 Å². The molecule has 0 bridgehead atoms. The van der Waals surface area contributed by atoms with E-state index in [-0.39, 0.29) is 12.1 Å². The highest BCUT2D eigenvalue weighted by Gasteiger charge is 2.14. The second-order valence-corrected chi connectivity index (χ2v) is 6.71. The monoisotopic (exact) mass is 374 g/mol. The molecule has 0 radical (unpaired) electrons. The second kappa shape index (κ2) is 8.00. The van der Waals surface area contributed by atoms with Gasteiger partial charge < -0.3 is 15.1 Å². The van der Waals surface area contributed by atoms with Gasteiger partial charge in [0.25, 0.3) is 0 Å². The number of hydrogen-bond acceptors (Lipinski definition) is 3. The van der Waals surface area contributed by atoms with Crippen molar-refractivity contribution in [1.82, 2.24) is 20.4 Å². The van der Waals surface area contributed by atoms with E-state index >= 15 is 0 Å². The quantitative estimate of drug-likeness (QED) is 0.530. The summed E-state index contributed by atoms with van der Waals surface area (Å²) in [4.78, 5) is 12.4. The Morgan fingerprint density at radius 2 is 1.89 bits per heavy atom. The lowest BCUT2D eigenvalue weighted by Gasteiger charge is -2.14. The van der Waals surface area contributed by atoms with Crippen molar-refractivity contribution in [2.45, 2.75) is 26.1 Å². The van der Waals surface area contributed by atoms with E-state index in [4.69, 9.17) is 4.42 Å². The Hall–Kier alpha value is -3.54. The van der Waals surface area contributed by atoms with Gasteiger partial charge in [-0.05, 0) is 36.2 Å². The number of nitrogens with zero attached hydrogens (tertiary/aromatic N) is 2. The van der Waals surface area contributed by atoms with Gasteiger partial charge in [0.05, 0.1) is 12.6 Å². The van der Waals surface area contributed by atoms with E-state index in [9.17, 15) is 4.79 Å². The lowest BCUT2D eigenvalue weighted by atomic mass is 10.1. The third kappa shape index (κ3) is 4.06. The van der Waals surface area contributed by atoms with Crippen molar-refractivity contribution in [3.63, 3.8) is 0 Å². The molecule has 0 aliphatic rings. The number of carbonyl (C=O) groups is 1. The molecule has 2 amide bonds. The fourth-order valence-corrected chi connectivity index (χ4v) is 3.16. The number of amides is 2. The summed E-state index contributed by atoms with van der Waals surface area (Å²) in [6.07, 6.45) is 3.68. The summed E-state index contributed by atoms with van der Waals surface area (Å²) in [5.41, 5.74) is 3.00. The van der Waals surface area contributed by atoms with Crippen LogP contribution in [0.15, 0.2) is 77.5 Å². The van der Waals surface area contributed by atoms with E-state index in [0.717, 1.165) is 27.9 Å². The Balaban J connectivity index is 1.36. The average Bonchev–Trinajstić information content (AvgIpc) is 3.36. The highest BCUT2D eigenvalue weighted by Crippen LogP contribution is 2.23. The van der Waals surface area contributed by atoms with E-state index < -0.39 is 0 Å². The summed E-state index contributed by atoms with van der Waals surface area (Å²) < 4.78 is 7.68. The van der Waals surface area contributed by atoms with Crippen LogP contribution in [0.4, 0.5) is 4.79 Å². The molecule has 4 rings (SSSR count). The van der Waals surface area contributed by atoms with E-state index in [0.29, 0.717) is 13.1 Å². The molecule has 28 heavy (non-hydrogen) atoms. The topological polar surface area (TPSA) is 72.1 Å². The Labute approximate surface area is 163 Å². The molecule has 0 aliphatic carbocycles. The van der Waals surface area contributed by atoms with Gasteiger partial charge in [-0.15, -0.1) is 0 Å². The number of aromatic nitrogens is 2. The van der Waals surface area contributed by atoms with E-state index in [2.05, 4.69) is 15.7 Å². The molecule has 1 unspecified atom stereocenters. The molecule has 0 aliphatic heterocycles. The van der Waals surface area contributed by atoms with Crippen molar-refractivity contribution in [2.24, 2.45) is 0 Å². The number of carbonyl (C=O) groups excluding carboxylic acids is 1. The highest BCUT2D eigenvalue weighted by atomic mass is 16.3. The van der Waals surface area contributed by atoms with E-state index in [1.54, 1.807) is 6.20 Å². The molecule has 1 atom stereocenters. The highest BCUT2D eigenvalue weighted by molar-refractivity contribution is 5.78. The number of nitrogens with one attached hydrogen (secondary N) is 2. The molecular weight excluding hydrogens is 352 g/mol. The maximum absolute atomic E-state index is 12.4. The van der Waals surface area contributed by atoms with Crippen molar-refractivity contribution in [1.29, 1.82) is 0 Å². The number of hydrogen-bond donors (Lipinski definition) is 2. The number of rotatable bonds is 6. The van der Waals surface area contributed by atoms with Gasteiger partial charge in [0, 0.05) is 24.3 Å². The third-order valence-electron chi connectivity index (χ3n) is 4.67. The maximum Gasteiger partial charge on any atom is 0.315 e. The molecule has 6 nitrogen and oxygen atoms in total. The zero-order chi connectivity index (χ0) is 19.3. The number of fused-ring (bicyclic) bond motifs is 1. The summed E-state index contributed by atoms with van der Waals surface area (Å²) >= 11 is 0. The lowest BCUT2D eigenvalue weighted by molar-refractivity contribution is 0.236. The van der Waals surface area contributed by atoms with Crippen LogP contribution in [0.5, 0.6) is 0 Å². The van der Waals surface area contributed by atoms with Crippen LogP contribution < -0.4 is 10.6 Å². The van der Waals surface area contributed by atoms with Crippen LogP contribution in [-0.4, -0.2) is 15.8 Å². The van der Waals surface area contributed by atoms with Crippen LogP contribution in [0.25, 0.3) is 11.0 Å². The van der Waals surface area contributed by atoms with Crippen LogP contribution in [0.3, 0.4) is 0 Å². The Morgan fingerprint density at radius 3 is 2.68 bits per heavy atom. The summed E-state index contributed by atoms with van der Waals surface area (Å²) in [6.45, 7) is 3.01. The SMILES string of the molecule is CC(NC(=O)NCc1ccccc1Cn1cccn1)c1cc2ccccc2o1. The van der Waals surface area contributed by atoms with Gasteiger partial charge in [-0.25, -0.2) is 4.79 Å². The number of furan rings is 1.